The number of amides is 1. The minimum absolute atomic E-state index is 0.0189. The summed E-state index contributed by atoms with van der Waals surface area (Å²) in [6.07, 6.45) is 0.0843. The number of carbonyl (C=O) groups excluding carboxylic acids is 3. The molecule has 1 unspecified atom stereocenters. The normalized spacial score (nSPS) is 18.1. The van der Waals surface area contributed by atoms with Crippen LogP contribution in [0.2, 0.25) is 0 Å². The van der Waals surface area contributed by atoms with E-state index in [0.717, 1.165) is 5.56 Å². The molecule has 3 aromatic carbocycles. The van der Waals surface area contributed by atoms with Crippen molar-refractivity contribution in [1.29, 1.82) is 0 Å². The number of esters is 1. The monoisotopic (exact) mass is 499 g/mol. The van der Waals surface area contributed by atoms with E-state index >= 15 is 0 Å². The van der Waals surface area contributed by atoms with E-state index in [-0.39, 0.29) is 23.7 Å². The summed E-state index contributed by atoms with van der Waals surface area (Å²) in [6, 6.07) is 18.2. The molecule has 37 heavy (non-hydrogen) atoms. The third-order valence-corrected chi connectivity index (χ3v) is 6.53. The molecule has 0 aliphatic carbocycles. The Morgan fingerprint density at radius 2 is 1.70 bits per heavy atom. The molecule has 1 saturated heterocycles. The molecule has 0 radical (unpaired) electrons. The maximum Gasteiger partial charge on any atom is 0.309 e. The smallest absolute Gasteiger partial charge is 0.309 e. The van der Waals surface area contributed by atoms with Gasteiger partial charge in [-0.15, -0.1) is 0 Å². The second-order valence-corrected chi connectivity index (χ2v) is 8.80. The second-order valence-electron chi connectivity index (χ2n) is 8.80. The van der Waals surface area contributed by atoms with Gasteiger partial charge in [-0.3, -0.25) is 19.3 Å². The Labute approximate surface area is 213 Å². The summed E-state index contributed by atoms with van der Waals surface area (Å²) in [5.41, 5.74) is 3.05. The number of carbonyl (C=O) groups is 3. The predicted molar refractivity (Wildman–Crippen MR) is 136 cm³/mol. The SMILES string of the molecule is COC(=O)Cc1ccc(N2C(=O)C(=O)/C(=C(/O)c3ccc4c(c3)OCCO4)C2c2ccccc2C)cc1. The first-order chi connectivity index (χ1) is 17.9. The number of fused-ring (bicyclic) bond motifs is 1. The molecular formula is C29H25NO7. The molecular weight excluding hydrogens is 474 g/mol. The number of aryl methyl sites for hydroxylation is 1. The van der Waals surface area contributed by atoms with Crippen molar-refractivity contribution in [2.45, 2.75) is 19.4 Å². The topological polar surface area (TPSA) is 102 Å². The minimum Gasteiger partial charge on any atom is -0.507 e. The molecule has 3 aromatic rings. The van der Waals surface area contributed by atoms with Gasteiger partial charge in [-0.25, -0.2) is 0 Å². The molecule has 1 N–H and O–H groups in total. The van der Waals surface area contributed by atoms with Crippen LogP contribution in [0.3, 0.4) is 0 Å². The van der Waals surface area contributed by atoms with Crippen LogP contribution in [0.25, 0.3) is 5.76 Å². The maximum absolute atomic E-state index is 13.4. The maximum atomic E-state index is 13.4. The fourth-order valence-corrected chi connectivity index (χ4v) is 4.65. The van der Waals surface area contributed by atoms with Gasteiger partial charge >= 0.3 is 5.97 Å². The van der Waals surface area contributed by atoms with Crippen molar-refractivity contribution in [1.82, 2.24) is 0 Å². The summed E-state index contributed by atoms with van der Waals surface area (Å²) < 4.78 is 15.9. The van der Waals surface area contributed by atoms with Gasteiger partial charge in [0.25, 0.3) is 11.7 Å². The van der Waals surface area contributed by atoms with E-state index in [9.17, 15) is 19.5 Å². The van der Waals surface area contributed by atoms with Crippen molar-refractivity contribution in [2.24, 2.45) is 0 Å². The summed E-state index contributed by atoms with van der Waals surface area (Å²) >= 11 is 0. The first kappa shape index (κ1) is 24.1. The quantitative estimate of drug-likeness (QED) is 0.244. The number of rotatable bonds is 5. The van der Waals surface area contributed by atoms with Crippen LogP contribution < -0.4 is 14.4 Å². The number of aliphatic hydroxyl groups is 1. The molecule has 0 spiro atoms. The van der Waals surface area contributed by atoms with Crippen LogP contribution in [0.1, 0.15) is 28.3 Å². The standard InChI is InChI=1S/C29H25NO7/c1-17-5-3-4-6-21(17)26-25(27(32)19-9-12-22-23(16-19)37-14-13-36-22)28(33)29(34)30(26)20-10-7-18(8-11-20)15-24(31)35-2/h3-12,16,26,32H,13-15H2,1-2H3/b27-25+. The van der Waals surface area contributed by atoms with Crippen molar-refractivity contribution in [3.63, 3.8) is 0 Å². The molecule has 2 aliphatic rings. The molecule has 1 atom stereocenters. The Morgan fingerprint density at radius 3 is 2.41 bits per heavy atom. The Morgan fingerprint density at radius 1 is 1.00 bits per heavy atom. The first-order valence-electron chi connectivity index (χ1n) is 11.8. The highest BCUT2D eigenvalue weighted by atomic mass is 16.6. The molecule has 5 rings (SSSR count). The van der Waals surface area contributed by atoms with E-state index in [0.29, 0.717) is 47.1 Å². The molecule has 8 heteroatoms. The van der Waals surface area contributed by atoms with Gasteiger partial charge in [-0.05, 0) is 53.9 Å². The zero-order valence-electron chi connectivity index (χ0n) is 20.4. The van der Waals surface area contributed by atoms with E-state index in [4.69, 9.17) is 14.2 Å². The number of hydrogen-bond acceptors (Lipinski definition) is 7. The van der Waals surface area contributed by atoms with Crippen LogP contribution in [0.15, 0.2) is 72.3 Å². The van der Waals surface area contributed by atoms with Gasteiger partial charge in [0.05, 0.1) is 25.1 Å². The summed E-state index contributed by atoms with van der Waals surface area (Å²) in [5.74, 6) is -1.22. The molecule has 0 saturated carbocycles. The number of methoxy groups -OCH3 is 1. The zero-order chi connectivity index (χ0) is 26.1. The molecule has 0 bridgehead atoms. The van der Waals surface area contributed by atoms with Gasteiger partial charge in [-0.1, -0.05) is 36.4 Å². The minimum atomic E-state index is -0.860. The highest BCUT2D eigenvalue weighted by Gasteiger charge is 2.47. The van der Waals surface area contributed by atoms with Crippen molar-refractivity contribution < 1.29 is 33.7 Å². The van der Waals surface area contributed by atoms with Crippen LogP contribution in [-0.4, -0.2) is 43.1 Å². The highest BCUT2D eigenvalue weighted by Crippen LogP contribution is 2.44. The van der Waals surface area contributed by atoms with Gasteiger partial charge in [0, 0.05) is 11.3 Å². The average Bonchev–Trinajstić information content (AvgIpc) is 3.18. The number of Topliss-reactive ketones (excluding diaryl/α,β-unsaturated/α-hetero) is 1. The largest absolute Gasteiger partial charge is 0.507 e. The lowest BCUT2D eigenvalue weighted by atomic mass is 9.92. The number of aliphatic hydroxyl groups excluding tert-OH is 1. The Hall–Kier alpha value is -4.59. The lowest BCUT2D eigenvalue weighted by molar-refractivity contribution is -0.139. The number of ketones is 1. The molecule has 1 amide bonds. The van der Waals surface area contributed by atoms with E-state index in [1.54, 1.807) is 42.5 Å². The van der Waals surface area contributed by atoms with Gasteiger partial charge in [0.2, 0.25) is 0 Å². The van der Waals surface area contributed by atoms with Crippen molar-refractivity contribution >= 4 is 29.1 Å². The summed E-state index contributed by atoms with van der Waals surface area (Å²) in [4.78, 5) is 39.9. The van der Waals surface area contributed by atoms with E-state index in [1.165, 1.54) is 12.0 Å². The highest BCUT2D eigenvalue weighted by molar-refractivity contribution is 6.51. The lowest BCUT2D eigenvalue weighted by Gasteiger charge is -2.27. The van der Waals surface area contributed by atoms with Crippen LogP contribution in [0.4, 0.5) is 5.69 Å². The summed E-state index contributed by atoms with van der Waals surface area (Å²) in [6.45, 7) is 2.69. The van der Waals surface area contributed by atoms with Crippen LogP contribution >= 0.6 is 0 Å². The van der Waals surface area contributed by atoms with Crippen molar-refractivity contribution in [2.75, 3.05) is 25.2 Å². The van der Waals surface area contributed by atoms with Crippen molar-refractivity contribution in [3.8, 4) is 11.5 Å². The van der Waals surface area contributed by atoms with Gasteiger partial charge in [-0.2, -0.15) is 0 Å². The fraction of sp³-hybridized carbons (Fsp3) is 0.207. The van der Waals surface area contributed by atoms with Crippen LogP contribution in [0, 0.1) is 6.92 Å². The van der Waals surface area contributed by atoms with Crippen LogP contribution in [0.5, 0.6) is 11.5 Å². The van der Waals surface area contributed by atoms with E-state index in [2.05, 4.69) is 0 Å². The number of nitrogens with zero attached hydrogens (tertiary/aromatic N) is 1. The Balaban J connectivity index is 1.63. The Kier molecular flexibility index (Phi) is 6.40. The summed E-state index contributed by atoms with van der Waals surface area (Å²) in [7, 11) is 1.32. The average molecular weight is 500 g/mol. The first-order valence-corrected chi connectivity index (χ1v) is 11.8. The van der Waals surface area contributed by atoms with Crippen LogP contribution in [-0.2, 0) is 25.5 Å². The third-order valence-electron chi connectivity index (χ3n) is 6.53. The van der Waals surface area contributed by atoms with Crippen molar-refractivity contribution in [3.05, 3.63) is 94.6 Å². The predicted octanol–water partition coefficient (Wildman–Crippen LogP) is 4.11. The molecule has 2 heterocycles. The molecule has 1 fully saturated rings. The second kappa shape index (κ2) is 9.81. The zero-order valence-corrected chi connectivity index (χ0v) is 20.4. The molecule has 188 valence electrons. The van der Waals surface area contributed by atoms with E-state index in [1.807, 2.05) is 31.2 Å². The fourth-order valence-electron chi connectivity index (χ4n) is 4.65. The lowest BCUT2D eigenvalue weighted by Crippen LogP contribution is -2.29. The number of benzene rings is 3. The Bertz CT molecular complexity index is 1420. The number of ether oxygens (including phenoxy) is 3. The van der Waals surface area contributed by atoms with Gasteiger partial charge < -0.3 is 19.3 Å². The van der Waals surface area contributed by atoms with Gasteiger partial charge in [0.1, 0.15) is 19.0 Å². The van der Waals surface area contributed by atoms with E-state index < -0.39 is 17.7 Å². The summed E-state index contributed by atoms with van der Waals surface area (Å²) in [5, 5.41) is 11.4. The number of hydrogen-bond donors (Lipinski definition) is 1. The third kappa shape index (κ3) is 4.42. The molecule has 0 aromatic heterocycles. The number of anilines is 1. The molecule has 2 aliphatic heterocycles. The molecule has 8 nitrogen and oxygen atoms in total. The van der Waals surface area contributed by atoms with Gasteiger partial charge in [0.15, 0.2) is 11.5 Å².